The lowest BCUT2D eigenvalue weighted by molar-refractivity contribution is 0.297. The van der Waals surface area contributed by atoms with E-state index in [2.05, 4.69) is 44.4 Å². The second-order valence-electron chi connectivity index (χ2n) is 5.98. The normalized spacial score (nSPS) is 18.4. The molecule has 0 aromatic heterocycles. The molecule has 1 aliphatic rings. The number of rotatable bonds is 6. The Morgan fingerprint density at radius 2 is 2.21 bits per heavy atom. The van der Waals surface area contributed by atoms with Crippen LogP contribution in [0.3, 0.4) is 0 Å². The summed E-state index contributed by atoms with van der Waals surface area (Å²) in [5, 5.41) is 3.40. The first-order valence-corrected chi connectivity index (χ1v) is 7.63. The fourth-order valence-corrected chi connectivity index (χ4v) is 2.86. The average Bonchev–Trinajstić information content (AvgIpc) is 2.42. The van der Waals surface area contributed by atoms with Crippen molar-refractivity contribution >= 4 is 0 Å². The van der Waals surface area contributed by atoms with Crippen LogP contribution in [0.4, 0.5) is 0 Å². The van der Waals surface area contributed by atoms with Gasteiger partial charge in [-0.1, -0.05) is 19.9 Å². The van der Waals surface area contributed by atoms with Gasteiger partial charge in [0.25, 0.3) is 0 Å². The molecule has 1 unspecified atom stereocenters. The van der Waals surface area contributed by atoms with E-state index in [0.29, 0.717) is 6.04 Å². The summed E-state index contributed by atoms with van der Waals surface area (Å²) >= 11 is 0. The van der Waals surface area contributed by atoms with Crippen molar-refractivity contribution in [2.24, 2.45) is 5.92 Å². The number of benzene rings is 1. The van der Waals surface area contributed by atoms with Gasteiger partial charge in [0.1, 0.15) is 5.75 Å². The van der Waals surface area contributed by atoms with Crippen LogP contribution < -0.4 is 10.1 Å². The van der Waals surface area contributed by atoms with E-state index in [0.717, 1.165) is 24.7 Å². The molecule has 0 radical (unpaired) electrons. The number of fused-ring (bicyclic) bond motifs is 1. The van der Waals surface area contributed by atoms with Crippen LogP contribution in [0.15, 0.2) is 18.2 Å². The van der Waals surface area contributed by atoms with Crippen molar-refractivity contribution in [3.05, 3.63) is 29.3 Å². The zero-order valence-electron chi connectivity index (χ0n) is 12.5. The summed E-state index contributed by atoms with van der Waals surface area (Å²) in [6, 6.07) is 7.14. The second kappa shape index (κ2) is 6.95. The Morgan fingerprint density at radius 3 is 2.95 bits per heavy atom. The highest BCUT2D eigenvalue weighted by molar-refractivity contribution is 5.39. The summed E-state index contributed by atoms with van der Waals surface area (Å²) in [7, 11) is 2.05. The van der Waals surface area contributed by atoms with Crippen LogP contribution in [0.25, 0.3) is 0 Å². The summed E-state index contributed by atoms with van der Waals surface area (Å²) in [4.78, 5) is 0. The van der Waals surface area contributed by atoms with Crippen LogP contribution in [-0.2, 0) is 6.42 Å². The van der Waals surface area contributed by atoms with Gasteiger partial charge < -0.3 is 10.1 Å². The lowest BCUT2D eigenvalue weighted by Gasteiger charge is -2.25. The smallest absolute Gasteiger partial charge is 0.119 e. The molecule has 0 saturated heterocycles. The molecule has 1 atom stereocenters. The zero-order chi connectivity index (χ0) is 13.7. The summed E-state index contributed by atoms with van der Waals surface area (Å²) in [5.74, 6) is 1.81. The maximum Gasteiger partial charge on any atom is 0.119 e. The standard InChI is InChI=1S/C17H27NO/c1-13(2)6-5-11-19-15-9-10-16-14(12-15)7-4-8-17(16)18-3/h9-10,12-13,17-18H,4-8,11H2,1-3H3. The molecule has 2 rings (SSSR count). The number of hydrogen-bond donors (Lipinski definition) is 1. The Labute approximate surface area is 117 Å². The molecule has 2 heteroatoms. The molecule has 1 N–H and O–H groups in total. The van der Waals surface area contributed by atoms with E-state index in [4.69, 9.17) is 4.74 Å². The van der Waals surface area contributed by atoms with Gasteiger partial charge in [0.05, 0.1) is 6.61 Å². The van der Waals surface area contributed by atoms with Gasteiger partial charge in [0.15, 0.2) is 0 Å². The monoisotopic (exact) mass is 261 g/mol. The molecule has 0 spiro atoms. The molecule has 1 aliphatic carbocycles. The van der Waals surface area contributed by atoms with Gasteiger partial charge in [-0.25, -0.2) is 0 Å². The Kier molecular flexibility index (Phi) is 5.26. The van der Waals surface area contributed by atoms with E-state index in [1.165, 1.54) is 36.8 Å². The van der Waals surface area contributed by atoms with E-state index in [1.54, 1.807) is 0 Å². The SMILES string of the molecule is CNC1CCCc2cc(OCCCC(C)C)ccc21. The minimum Gasteiger partial charge on any atom is -0.494 e. The average molecular weight is 261 g/mol. The first-order valence-electron chi connectivity index (χ1n) is 7.63. The number of hydrogen-bond acceptors (Lipinski definition) is 2. The van der Waals surface area contributed by atoms with Gasteiger partial charge in [0, 0.05) is 6.04 Å². The van der Waals surface area contributed by atoms with Gasteiger partial charge in [-0.15, -0.1) is 0 Å². The highest BCUT2D eigenvalue weighted by Crippen LogP contribution is 2.31. The van der Waals surface area contributed by atoms with Crippen molar-refractivity contribution < 1.29 is 4.74 Å². The summed E-state index contributed by atoms with van der Waals surface area (Å²) in [5.41, 5.74) is 2.93. The molecule has 1 aromatic carbocycles. The predicted molar refractivity (Wildman–Crippen MR) is 80.7 cm³/mol. The molecular weight excluding hydrogens is 234 g/mol. The first kappa shape index (κ1) is 14.4. The molecule has 0 saturated carbocycles. The van der Waals surface area contributed by atoms with Crippen molar-refractivity contribution in [3.63, 3.8) is 0 Å². The molecule has 0 bridgehead atoms. The summed E-state index contributed by atoms with van der Waals surface area (Å²) < 4.78 is 5.87. The maximum absolute atomic E-state index is 5.87. The molecule has 19 heavy (non-hydrogen) atoms. The molecular formula is C17H27NO. The van der Waals surface area contributed by atoms with Crippen molar-refractivity contribution in [3.8, 4) is 5.75 Å². The Bertz CT molecular complexity index is 400. The number of aryl methyl sites for hydroxylation is 1. The van der Waals surface area contributed by atoms with Gasteiger partial charge in [-0.05, 0) is 68.3 Å². The number of nitrogens with one attached hydrogen (secondary N) is 1. The highest BCUT2D eigenvalue weighted by Gasteiger charge is 2.18. The molecule has 0 fully saturated rings. The maximum atomic E-state index is 5.87. The number of ether oxygens (including phenoxy) is 1. The first-order chi connectivity index (χ1) is 9.20. The van der Waals surface area contributed by atoms with Gasteiger partial charge >= 0.3 is 0 Å². The summed E-state index contributed by atoms with van der Waals surface area (Å²) in [6.45, 7) is 5.36. The highest BCUT2D eigenvalue weighted by atomic mass is 16.5. The van der Waals surface area contributed by atoms with E-state index in [-0.39, 0.29) is 0 Å². The molecule has 0 amide bonds. The van der Waals surface area contributed by atoms with Crippen LogP contribution in [-0.4, -0.2) is 13.7 Å². The Morgan fingerprint density at radius 1 is 1.37 bits per heavy atom. The van der Waals surface area contributed by atoms with Gasteiger partial charge in [0.2, 0.25) is 0 Å². The second-order valence-corrected chi connectivity index (χ2v) is 5.98. The quantitative estimate of drug-likeness (QED) is 0.778. The van der Waals surface area contributed by atoms with Gasteiger partial charge in [-0.2, -0.15) is 0 Å². The third-order valence-electron chi connectivity index (χ3n) is 3.97. The lowest BCUT2D eigenvalue weighted by Crippen LogP contribution is -2.21. The van der Waals surface area contributed by atoms with Crippen LogP contribution in [0, 0.1) is 5.92 Å². The van der Waals surface area contributed by atoms with Gasteiger partial charge in [-0.3, -0.25) is 0 Å². The van der Waals surface area contributed by atoms with Crippen LogP contribution in [0.2, 0.25) is 0 Å². The van der Waals surface area contributed by atoms with Crippen molar-refractivity contribution in [1.29, 1.82) is 0 Å². The molecule has 0 heterocycles. The van der Waals surface area contributed by atoms with E-state index < -0.39 is 0 Å². The van der Waals surface area contributed by atoms with Crippen LogP contribution >= 0.6 is 0 Å². The fraction of sp³-hybridized carbons (Fsp3) is 0.647. The molecule has 106 valence electrons. The molecule has 2 nitrogen and oxygen atoms in total. The van der Waals surface area contributed by atoms with Crippen LogP contribution in [0.1, 0.15) is 56.7 Å². The van der Waals surface area contributed by atoms with Crippen molar-refractivity contribution in [2.75, 3.05) is 13.7 Å². The third kappa shape index (κ3) is 3.97. The molecule has 0 aliphatic heterocycles. The Balaban J connectivity index is 1.93. The van der Waals surface area contributed by atoms with Crippen molar-refractivity contribution in [1.82, 2.24) is 5.32 Å². The van der Waals surface area contributed by atoms with Crippen LogP contribution in [0.5, 0.6) is 5.75 Å². The third-order valence-corrected chi connectivity index (χ3v) is 3.97. The van der Waals surface area contributed by atoms with E-state index in [1.807, 2.05) is 0 Å². The van der Waals surface area contributed by atoms with E-state index in [9.17, 15) is 0 Å². The fourth-order valence-electron chi connectivity index (χ4n) is 2.86. The zero-order valence-corrected chi connectivity index (χ0v) is 12.5. The van der Waals surface area contributed by atoms with Crippen molar-refractivity contribution in [2.45, 2.75) is 52.0 Å². The largest absolute Gasteiger partial charge is 0.494 e. The summed E-state index contributed by atoms with van der Waals surface area (Å²) in [6.07, 6.45) is 6.10. The predicted octanol–water partition coefficient (Wildman–Crippen LogP) is 4.10. The van der Waals surface area contributed by atoms with E-state index >= 15 is 0 Å². The topological polar surface area (TPSA) is 21.3 Å². The minimum absolute atomic E-state index is 0.527. The molecule has 1 aromatic rings. The lowest BCUT2D eigenvalue weighted by atomic mass is 9.87. The Hall–Kier alpha value is -1.02. The minimum atomic E-state index is 0.527.